The second-order valence-electron chi connectivity index (χ2n) is 8.13. The van der Waals surface area contributed by atoms with E-state index in [9.17, 15) is 34.6 Å². The number of nitro groups is 2. The highest BCUT2D eigenvalue weighted by atomic mass is 16.6. The summed E-state index contributed by atoms with van der Waals surface area (Å²) in [6.45, 7) is 0. The number of nitro benzene ring substituents is 2. The summed E-state index contributed by atoms with van der Waals surface area (Å²) >= 11 is 0. The molecule has 4 N–H and O–H groups in total. The van der Waals surface area contributed by atoms with Gasteiger partial charge in [-0.15, -0.1) is 0 Å². The van der Waals surface area contributed by atoms with Crippen LogP contribution in [0.4, 0.5) is 11.4 Å². The number of carbonyl (C=O) groups excluding carboxylic acids is 3. The largest absolute Gasteiger partial charge is 0.366 e. The molecule has 0 aliphatic heterocycles. The van der Waals surface area contributed by atoms with Crippen LogP contribution in [0.1, 0.15) is 36.6 Å². The molecule has 4 rings (SSSR count). The molecule has 0 aliphatic rings. The van der Waals surface area contributed by atoms with Gasteiger partial charge in [-0.1, -0.05) is 60.7 Å². The number of nitrogens with zero attached hydrogens (tertiary/aromatic N) is 2. The van der Waals surface area contributed by atoms with E-state index in [1.54, 1.807) is 0 Å². The van der Waals surface area contributed by atoms with Crippen molar-refractivity contribution in [2.75, 3.05) is 0 Å². The van der Waals surface area contributed by atoms with E-state index in [0.29, 0.717) is 11.1 Å². The van der Waals surface area contributed by atoms with Crippen LogP contribution in [0.3, 0.4) is 0 Å². The molecule has 0 aromatic heterocycles. The normalized spacial score (nSPS) is 10.5. The number of hydrogen-bond acceptors (Lipinski definition) is 7. The van der Waals surface area contributed by atoms with Crippen LogP contribution in [0.2, 0.25) is 0 Å². The fourth-order valence-corrected chi connectivity index (χ4v) is 4.15. The summed E-state index contributed by atoms with van der Waals surface area (Å²) in [5, 5.41) is 23.0. The summed E-state index contributed by atoms with van der Waals surface area (Å²) in [4.78, 5) is 58.6. The highest BCUT2D eigenvalue weighted by Crippen LogP contribution is 2.35. The van der Waals surface area contributed by atoms with Crippen molar-refractivity contribution in [3.05, 3.63) is 127 Å². The summed E-state index contributed by atoms with van der Waals surface area (Å²) in [5.41, 5.74) is 11.4. The Morgan fingerprint density at radius 3 is 1.18 bits per heavy atom. The van der Waals surface area contributed by atoms with Crippen molar-refractivity contribution < 1.29 is 24.2 Å². The lowest BCUT2D eigenvalue weighted by Crippen LogP contribution is -2.13. The van der Waals surface area contributed by atoms with Crippen molar-refractivity contribution in [3.63, 3.8) is 0 Å². The molecule has 0 unspecified atom stereocenters. The lowest BCUT2D eigenvalue weighted by molar-refractivity contribution is -0.384. The van der Waals surface area contributed by atoms with E-state index in [-0.39, 0.29) is 44.8 Å². The van der Waals surface area contributed by atoms with E-state index in [1.807, 2.05) is 0 Å². The Hall–Kier alpha value is -5.71. The van der Waals surface area contributed by atoms with Crippen LogP contribution in [-0.2, 0) is 0 Å². The van der Waals surface area contributed by atoms with Crippen molar-refractivity contribution in [1.29, 1.82) is 0 Å². The van der Waals surface area contributed by atoms with Crippen LogP contribution >= 0.6 is 0 Å². The van der Waals surface area contributed by atoms with E-state index >= 15 is 0 Å². The molecule has 0 aliphatic carbocycles. The van der Waals surface area contributed by atoms with Crippen molar-refractivity contribution in [2.45, 2.75) is 0 Å². The fourth-order valence-electron chi connectivity index (χ4n) is 4.15. The van der Waals surface area contributed by atoms with Crippen LogP contribution in [0.25, 0.3) is 22.3 Å². The molecule has 0 atom stereocenters. The number of ketones is 1. The zero-order valence-electron chi connectivity index (χ0n) is 19.5. The predicted octanol–water partition coefficient (Wildman–Crippen LogP) is 4.27. The van der Waals surface area contributed by atoms with E-state index < -0.39 is 27.4 Å². The van der Waals surface area contributed by atoms with Gasteiger partial charge in [0.25, 0.3) is 11.4 Å². The third kappa shape index (κ3) is 4.71. The van der Waals surface area contributed by atoms with E-state index in [2.05, 4.69) is 0 Å². The summed E-state index contributed by atoms with van der Waals surface area (Å²) in [7, 11) is 0. The first-order valence-electron chi connectivity index (χ1n) is 11.0. The Morgan fingerprint density at radius 1 is 0.553 bits per heavy atom. The van der Waals surface area contributed by atoms with Gasteiger partial charge >= 0.3 is 0 Å². The number of primary amides is 2. The van der Waals surface area contributed by atoms with Gasteiger partial charge in [-0.25, -0.2) is 0 Å². The van der Waals surface area contributed by atoms with Crippen molar-refractivity contribution >= 4 is 29.0 Å². The Balaban J connectivity index is 1.69. The fraction of sp³-hybridized carbons (Fsp3) is 0. The van der Waals surface area contributed by atoms with E-state index in [0.717, 1.165) is 0 Å². The van der Waals surface area contributed by atoms with Crippen molar-refractivity contribution in [1.82, 2.24) is 0 Å². The van der Waals surface area contributed by atoms with Crippen LogP contribution < -0.4 is 11.5 Å². The number of rotatable bonds is 8. The first kappa shape index (κ1) is 25.4. The maximum absolute atomic E-state index is 13.1. The van der Waals surface area contributed by atoms with Gasteiger partial charge in [0.1, 0.15) is 0 Å². The quantitative estimate of drug-likeness (QED) is 0.201. The van der Waals surface area contributed by atoms with Gasteiger partial charge in [0.15, 0.2) is 5.78 Å². The van der Waals surface area contributed by atoms with Gasteiger partial charge in [0.2, 0.25) is 11.8 Å². The summed E-state index contributed by atoms with van der Waals surface area (Å²) in [6.07, 6.45) is 0. The second-order valence-corrected chi connectivity index (χ2v) is 8.13. The van der Waals surface area contributed by atoms with Crippen LogP contribution in [0.15, 0.2) is 84.9 Å². The lowest BCUT2D eigenvalue weighted by Gasteiger charge is -2.10. The molecule has 11 heteroatoms. The van der Waals surface area contributed by atoms with Gasteiger partial charge in [-0.2, -0.15) is 0 Å². The molecule has 11 nitrogen and oxygen atoms in total. The molecule has 2 amide bonds. The molecule has 0 fully saturated rings. The van der Waals surface area contributed by atoms with Gasteiger partial charge in [-0.05, 0) is 23.3 Å². The SMILES string of the molecule is NC(=O)c1cccc([N+](=O)[O-])c1-c1ccc(C(=O)c2ccc(-c3c(C(N)=O)cccc3[N+](=O)[O-])cc2)cc1. The molecule has 0 saturated heterocycles. The molecule has 0 radical (unpaired) electrons. The maximum Gasteiger partial charge on any atom is 0.277 e. The van der Waals surface area contributed by atoms with Crippen LogP contribution in [-0.4, -0.2) is 27.4 Å². The zero-order valence-corrected chi connectivity index (χ0v) is 19.5. The first-order chi connectivity index (χ1) is 18.1. The smallest absolute Gasteiger partial charge is 0.277 e. The number of hydrogen-bond donors (Lipinski definition) is 2. The first-order valence-corrected chi connectivity index (χ1v) is 11.0. The molecule has 38 heavy (non-hydrogen) atoms. The van der Waals surface area contributed by atoms with Gasteiger partial charge < -0.3 is 11.5 Å². The third-order valence-electron chi connectivity index (χ3n) is 5.88. The van der Waals surface area contributed by atoms with E-state index in [1.165, 1.54) is 84.9 Å². The number of benzene rings is 4. The number of carbonyl (C=O) groups is 3. The Morgan fingerprint density at radius 2 is 0.895 bits per heavy atom. The van der Waals surface area contributed by atoms with Gasteiger partial charge in [0.05, 0.1) is 32.1 Å². The monoisotopic (exact) mass is 510 g/mol. The zero-order chi connectivity index (χ0) is 27.6. The Bertz CT molecular complexity index is 1440. The maximum atomic E-state index is 13.1. The molecule has 0 heterocycles. The standard InChI is InChI=1S/C27H18N4O7/c28-26(33)19-3-1-5-21(30(35)36)23(19)15-7-11-17(12-8-15)25(32)18-13-9-16(10-14-18)24-20(27(29)34)4-2-6-22(24)31(37)38/h1-14H,(H2,28,33)(H2,29,34). The van der Waals surface area contributed by atoms with Crippen molar-refractivity contribution in [3.8, 4) is 22.3 Å². The predicted molar refractivity (Wildman–Crippen MR) is 138 cm³/mol. The highest BCUT2D eigenvalue weighted by Gasteiger charge is 2.24. The number of amides is 2. The summed E-state index contributed by atoms with van der Waals surface area (Å²) in [5.74, 6) is -2.05. The van der Waals surface area contributed by atoms with Crippen LogP contribution in [0.5, 0.6) is 0 Å². The van der Waals surface area contributed by atoms with Crippen LogP contribution in [0, 0.1) is 20.2 Å². The molecule has 0 saturated carbocycles. The highest BCUT2D eigenvalue weighted by molar-refractivity contribution is 6.10. The minimum absolute atomic E-state index is 0.0285. The van der Waals surface area contributed by atoms with Gasteiger partial charge in [-0.3, -0.25) is 34.6 Å². The third-order valence-corrected chi connectivity index (χ3v) is 5.88. The molecule has 4 aromatic carbocycles. The second kappa shape index (κ2) is 10.1. The van der Waals surface area contributed by atoms with E-state index in [4.69, 9.17) is 11.5 Å². The molecule has 4 aromatic rings. The van der Waals surface area contributed by atoms with Gasteiger partial charge in [0, 0.05) is 23.3 Å². The summed E-state index contributed by atoms with van der Waals surface area (Å²) < 4.78 is 0. The minimum atomic E-state index is -0.831. The average Bonchev–Trinajstić information content (AvgIpc) is 2.91. The summed E-state index contributed by atoms with van der Waals surface area (Å²) in [6, 6.07) is 19.7. The number of nitrogens with two attached hydrogens (primary N) is 2. The topological polar surface area (TPSA) is 190 Å². The minimum Gasteiger partial charge on any atom is -0.366 e. The molecule has 188 valence electrons. The Kier molecular flexibility index (Phi) is 6.75. The van der Waals surface area contributed by atoms with Crippen molar-refractivity contribution in [2.24, 2.45) is 11.5 Å². The Labute approximate surface area is 214 Å². The average molecular weight is 510 g/mol. The molecular weight excluding hydrogens is 492 g/mol. The molecular formula is C27H18N4O7. The molecule has 0 spiro atoms. The lowest BCUT2D eigenvalue weighted by atomic mass is 9.93. The molecule has 0 bridgehead atoms.